The molecule has 0 radical (unpaired) electrons. The second kappa shape index (κ2) is 6.94. The lowest BCUT2D eigenvalue weighted by Gasteiger charge is -2.32. The predicted octanol–water partition coefficient (Wildman–Crippen LogP) is 2.41. The van der Waals surface area contributed by atoms with Gasteiger partial charge in [-0.15, -0.1) is 0 Å². The van der Waals surface area contributed by atoms with Gasteiger partial charge in [-0.25, -0.2) is 0 Å². The molecular weight excluding hydrogens is 262 g/mol. The van der Waals surface area contributed by atoms with Gasteiger partial charge in [0.25, 0.3) is 0 Å². The maximum atomic E-state index is 12.3. The first-order valence-corrected chi connectivity index (χ1v) is 7.86. The SMILES string of the molecule is CCNC1CCCN(C(C)C(=O)N(C)C)c2ccccc21. The van der Waals surface area contributed by atoms with Crippen molar-refractivity contribution >= 4 is 11.6 Å². The van der Waals surface area contributed by atoms with E-state index in [1.165, 1.54) is 11.3 Å². The Morgan fingerprint density at radius 1 is 1.43 bits per heavy atom. The first-order valence-electron chi connectivity index (χ1n) is 7.86. The molecule has 0 spiro atoms. The molecule has 116 valence electrons. The number of benzene rings is 1. The van der Waals surface area contributed by atoms with E-state index in [1.807, 2.05) is 21.0 Å². The van der Waals surface area contributed by atoms with Gasteiger partial charge in [0.05, 0.1) is 0 Å². The maximum absolute atomic E-state index is 12.3. The van der Waals surface area contributed by atoms with Gasteiger partial charge in [-0.3, -0.25) is 4.79 Å². The molecule has 0 saturated heterocycles. The first-order chi connectivity index (χ1) is 10.1. The van der Waals surface area contributed by atoms with Crippen LogP contribution in [0.4, 0.5) is 5.69 Å². The van der Waals surface area contributed by atoms with Gasteiger partial charge >= 0.3 is 0 Å². The topological polar surface area (TPSA) is 35.6 Å². The van der Waals surface area contributed by atoms with E-state index in [0.29, 0.717) is 6.04 Å². The van der Waals surface area contributed by atoms with Crippen molar-refractivity contribution in [2.45, 2.75) is 38.8 Å². The van der Waals surface area contributed by atoms with Crippen molar-refractivity contribution in [2.75, 3.05) is 32.1 Å². The van der Waals surface area contributed by atoms with E-state index in [-0.39, 0.29) is 11.9 Å². The Bertz CT molecular complexity index is 487. The largest absolute Gasteiger partial charge is 0.360 e. The van der Waals surface area contributed by atoms with E-state index in [0.717, 1.165) is 25.9 Å². The molecule has 1 aliphatic heterocycles. The highest BCUT2D eigenvalue weighted by atomic mass is 16.2. The Labute approximate surface area is 128 Å². The highest BCUT2D eigenvalue weighted by Crippen LogP contribution is 2.34. The summed E-state index contributed by atoms with van der Waals surface area (Å²) in [5, 5.41) is 3.57. The number of nitrogens with one attached hydrogen (secondary N) is 1. The summed E-state index contributed by atoms with van der Waals surface area (Å²) in [5.41, 5.74) is 2.51. The molecule has 21 heavy (non-hydrogen) atoms. The van der Waals surface area contributed by atoms with Crippen molar-refractivity contribution < 1.29 is 4.79 Å². The molecule has 1 heterocycles. The van der Waals surface area contributed by atoms with Gasteiger partial charge in [-0.1, -0.05) is 25.1 Å². The van der Waals surface area contributed by atoms with Crippen LogP contribution in [0.5, 0.6) is 0 Å². The molecule has 0 bridgehead atoms. The normalized spacial score (nSPS) is 19.6. The fourth-order valence-corrected chi connectivity index (χ4v) is 3.15. The second-order valence-corrected chi connectivity index (χ2v) is 5.91. The van der Waals surface area contributed by atoms with Crippen molar-refractivity contribution in [3.05, 3.63) is 29.8 Å². The van der Waals surface area contributed by atoms with Crippen molar-refractivity contribution in [1.82, 2.24) is 10.2 Å². The molecule has 0 fully saturated rings. The number of carbonyl (C=O) groups excluding carboxylic acids is 1. The minimum absolute atomic E-state index is 0.124. The van der Waals surface area contributed by atoms with E-state index in [2.05, 4.69) is 41.4 Å². The molecule has 1 N–H and O–H groups in total. The van der Waals surface area contributed by atoms with Gasteiger partial charge in [0.2, 0.25) is 5.91 Å². The zero-order valence-corrected chi connectivity index (χ0v) is 13.6. The highest BCUT2D eigenvalue weighted by molar-refractivity contribution is 5.85. The minimum Gasteiger partial charge on any atom is -0.360 e. The standard InChI is InChI=1S/C17H27N3O/c1-5-18-15-10-8-12-20(13(2)17(21)19(3)4)16-11-7-6-9-14(15)16/h6-7,9,11,13,15,18H,5,8,10,12H2,1-4H3. The van der Waals surface area contributed by atoms with E-state index < -0.39 is 0 Å². The van der Waals surface area contributed by atoms with Crippen LogP contribution in [-0.4, -0.2) is 44.0 Å². The van der Waals surface area contributed by atoms with Crippen LogP contribution in [0.25, 0.3) is 0 Å². The number of anilines is 1. The third-order valence-corrected chi connectivity index (χ3v) is 4.23. The number of fused-ring (bicyclic) bond motifs is 1. The monoisotopic (exact) mass is 289 g/mol. The number of para-hydroxylation sites is 1. The summed E-state index contributed by atoms with van der Waals surface area (Å²) in [6, 6.07) is 8.75. The fourth-order valence-electron chi connectivity index (χ4n) is 3.15. The van der Waals surface area contributed by atoms with Gasteiger partial charge in [0, 0.05) is 32.4 Å². The van der Waals surface area contributed by atoms with Crippen LogP contribution in [0, 0.1) is 0 Å². The van der Waals surface area contributed by atoms with E-state index in [4.69, 9.17) is 0 Å². The number of hydrogen-bond acceptors (Lipinski definition) is 3. The summed E-state index contributed by atoms with van der Waals surface area (Å²) < 4.78 is 0. The molecule has 4 nitrogen and oxygen atoms in total. The Balaban J connectivity index is 2.35. The van der Waals surface area contributed by atoms with Crippen molar-refractivity contribution in [3.63, 3.8) is 0 Å². The molecule has 2 atom stereocenters. The number of hydrogen-bond donors (Lipinski definition) is 1. The summed E-state index contributed by atoms with van der Waals surface area (Å²) in [6.07, 6.45) is 2.21. The molecule has 1 aromatic rings. The summed E-state index contributed by atoms with van der Waals surface area (Å²) in [4.78, 5) is 16.3. The zero-order valence-electron chi connectivity index (χ0n) is 13.6. The molecule has 1 aromatic carbocycles. The first kappa shape index (κ1) is 15.8. The summed E-state index contributed by atoms with van der Waals surface area (Å²) in [5.74, 6) is 0.159. The van der Waals surface area contributed by atoms with E-state index in [9.17, 15) is 4.79 Å². The highest BCUT2D eigenvalue weighted by Gasteiger charge is 2.28. The molecule has 0 aromatic heterocycles. The minimum atomic E-state index is -0.124. The molecule has 1 amide bonds. The molecule has 0 aliphatic carbocycles. The van der Waals surface area contributed by atoms with Crippen molar-refractivity contribution in [2.24, 2.45) is 0 Å². The quantitative estimate of drug-likeness (QED) is 0.924. The average molecular weight is 289 g/mol. The average Bonchev–Trinajstić information content (AvgIpc) is 2.66. The second-order valence-electron chi connectivity index (χ2n) is 5.91. The Morgan fingerprint density at radius 2 is 2.14 bits per heavy atom. The molecular formula is C17H27N3O. The van der Waals surface area contributed by atoms with Crippen LogP contribution < -0.4 is 10.2 Å². The lowest BCUT2D eigenvalue weighted by Crippen LogP contribution is -2.45. The Kier molecular flexibility index (Phi) is 5.23. The van der Waals surface area contributed by atoms with Gasteiger partial charge < -0.3 is 15.1 Å². The van der Waals surface area contributed by atoms with Crippen LogP contribution in [0.3, 0.4) is 0 Å². The number of nitrogens with zero attached hydrogens (tertiary/aromatic N) is 2. The van der Waals surface area contributed by atoms with Gasteiger partial charge in [-0.2, -0.15) is 0 Å². The summed E-state index contributed by atoms with van der Waals surface area (Å²) in [6.45, 7) is 6.04. The smallest absolute Gasteiger partial charge is 0.244 e. The van der Waals surface area contributed by atoms with Gasteiger partial charge in [-0.05, 0) is 37.9 Å². The van der Waals surface area contributed by atoms with Gasteiger partial charge in [0.1, 0.15) is 6.04 Å². The van der Waals surface area contributed by atoms with Gasteiger partial charge in [0.15, 0.2) is 0 Å². The maximum Gasteiger partial charge on any atom is 0.244 e. The molecule has 4 heteroatoms. The van der Waals surface area contributed by atoms with Crippen LogP contribution >= 0.6 is 0 Å². The Morgan fingerprint density at radius 3 is 2.81 bits per heavy atom. The number of rotatable bonds is 4. The fraction of sp³-hybridized carbons (Fsp3) is 0.588. The van der Waals surface area contributed by atoms with Crippen LogP contribution in [-0.2, 0) is 4.79 Å². The van der Waals surface area contributed by atoms with Crippen molar-refractivity contribution in [1.29, 1.82) is 0 Å². The molecule has 1 aliphatic rings. The van der Waals surface area contributed by atoms with Crippen LogP contribution in [0.2, 0.25) is 0 Å². The van der Waals surface area contributed by atoms with Crippen molar-refractivity contribution in [3.8, 4) is 0 Å². The number of likely N-dealkylation sites (N-methyl/N-ethyl adjacent to an activating group) is 1. The summed E-state index contributed by atoms with van der Waals surface area (Å²) >= 11 is 0. The third kappa shape index (κ3) is 3.38. The lowest BCUT2D eigenvalue weighted by atomic mass is 10.0. The Hall–Kier alpha value is -1.55. The van der Waals surface area contributed by atoms with Crippen LogP contribution in [0.1, 0.15) is 38.3 Å². The summed E-state index contributed by atoms with van der Waals surface area (Å²) in [7, 11) is 3.65. The van der Waals surface area contributed by atoms with E-state index in [1.54, 1.807) is 4.90 Å². The predicted molar refractivity (Wildman–Crippen MR) is 87.6 cm³/mol. The molecule has 0 saturated carbocycles. The number of amides is 1. The molecule has 2 rings (SSSR count). The van der Waals surface area contributed by atoms with Crippen LogP contribution in [0.15, 0.2) is 24.3 Å². The van der Waals surface area contributed by atoms with E-state index >= 15 is 0 Å². The lowest BCUT2D eigenvalue weighted by molar-refractivity contribution is -0.129. The number of carbonyl (C=O) groups is 1. The zero-order chi connectivity index (χ0) is 15.4. The third-order valence-electron chi connectivity index (χ3n) is 4.23. The molecule has 2 unspecified atom stereocenters.